The first kappa shape index (κ1) is 16.4. The van der Waals surface area contributed by atoms with Crippen LogP contribution in [-0.4, -0.2) is 18.7 Å². The highest BCUT2D eigenvalue weighted by molar-refractivity contribution is 5.39. The molecule has 1 aliphatic rings. The Labute approximate surface area is 130 Å². The Balaban J connectivity index is 2.08. The molecule has 0 spiro atoms. The van der Waals surface area contributed by atoms with E-state index in [1.807, 2.05) is 0 Å². The van der Waals surface area contributed by atoms with Crippen LogP contribution < -0.4 is 10.1 Å². The molecule has 2 rings (SSSR count). The number of hydrogen-bond donors (Lipinski definition) is 1. The molecule has 2 heteroatoms. The average molecular weight is 289 g/mol. The van der Waals surface area contributed by atoms with Crippen molar-refractivity contribution in [1.82, 2.24) is 5.32 Å². The highest BCUT2D eigenvalue weighted by Gasteiger charge is 2.39. The number of benzene rings is 1. The Hall–Kier alpha value is -1.02. The predicted molar refractivity (Wildman–Crippen MR) is 90.2 cm³/mol. The topological polar surface area (TPSA) is 21.3 Å². The molecule has 1 fully saturated rings. The summed E-state index contributed by atoms with van der Waals surface area (Å²) in [5, 5.41) is 3.42. The second-order valence-corrected chi connectivity index (χ2v) is 7.47. The Morgan fingerprint density at radius 1 is 1.24 bits per heavy atom. The molecular weight excluding hydrogens is 258 g/mol. The summed E-state index contributed by atoms with van der Waals surface area (Å²) in [6.45, 7) is 13.2. The third-order valence-corrected chi connectivity index (χ3v) is 4.64. The van der Waals surface area contributed by atoms with Gasteiger partial charge in [-0.3, -0.25) is 0 Å². The SMILES string of the molecule is CCNCCC1(Oc2ccc(C(C)(C)C)cc2C)CCC1. The van der Waals surface area contributed by atoms with Crippen molar-refractivity contribution in [2.24, 2.45) is 0 Å². The third-order valence-electron chi connectivity index (χ3n) is 4.64. The molecule has 1 aromatic rings. The van der Waals surface area contributed by atoms with Gasteiger partial charge in [-0.15, -0.1) is 0 Å². The van der Waals surface area contributed by atoms with Crippen molar-refractivity contribution in [2.45, 2.75) is 71.3 Å². The zero-order valence-electron chi connectivity index (χ0n) is 14.4. The van der Waals surface area contributed by atoms with E-state index in [9.17, 15) is 0 Å². The molecule has 0 aliphatic heterocycles. The molecule has 2 nitrogen and oxygen atoms in total. The molecule has 0 amide bonds. The third kappa shape index (κ3) is 4.00. The summed E-state index contributed by atoms with van der Waals surface area (Å²) in [7, 11) is 0. The minimum absolute atomic E-state index is 0.0795. The lowest BCUT2D eigenvalue weighted by Crippen LogP contribution is -2.45. The van der Waals surface area contributed by atoms with E-state index in [4.69, 9.17) is 4.74 Å². The number of nitrogens with one attached hydrogen (secondary N) is 1. The van der Waals surface area contributed by atoms with Gasteiger partial charge in [0.2, 0.25) is 0 Å². The smallest absolute Gasteiger partial charge is 0.123 e. The van der Waals surface area contributed by atoms with Crippen molar-refractivity contribution in [2.75, 3.05) is 13.1 Å². The van der Waals surface area contributed by atoms with Crippen molar-refractivity contribution < 1.29 is 4.74 Å². The summed E-state index contributed by atoms with van der Waals surface area (Å²) in [6, 6.07) is 6.67. The first-order chi connectivity index (χ1) is 9.86. The average Bonchev–Trinajstić information content (AvgIpc) is 2.36. The van der Waals surface area contributed by atoms with Crippen LogP contribution in [0.2, 0.25) is 0 Å². The lowest BCUT2D eigenvalue weighted by Gasteiger charge is -2.42. The maximum atomic E-state index is 6.44. The molecule has 21 heavy (non-hydrogen) atoms. The van der Waals surface area contributed by atoms with Crippen LogP contribution in [0.15, 0.2) is 18.2 Å². The predicted octanol–water partition coefficient (Wildman–Crippen LogP) is 4.59. The fourth-order valence-electron chi connectivity index (χ4n) is 2.93. The van der Waals surface area contributed by atoms with E-state index < -0.39 is 0 Å². The number of rotatable bonds is 6. The Morgan fingerprint density at radius 2 is 1.95 bits per heavy atom. The summed E-state index contributed by atoms with van der Waals surface area (Å²) in [4.78, 5) is 0. The van der Waals surface area contributed by atoms with Gasteiger partial charge in [0, 0.05) is 0 Å². The lowest BCUT2D eigenvalue weighted by molar-refractivity contribution is -0.0146. The quantitative estimate of drug-likeness (QED) is 0.773. The second-order valence-electron chi connectivity index (χ2n) is 7.47. The van der Waals surface area contributed by atoms with Crippen LogP contribution in [0.3, 0.4) is 0 Å². The largest absolute Gasteiger partial charge is 0.487 e. The Kier molecular flexibility index (Phi) is 4.98. The van der Waals surface area contributed by atoms with E-state index in [0.29, 0.717) is 0 Å². The van der Waals surface area contributed by atoms with Crippen molar-refractivity contribution in [3.05, 3.63) is 29.3 Å². The van der Waals surface area contributed by atoms with Crippen LogP contribution in [0.1, 0.15) is 64.5 Å². The van der Waals surface area contributed by atoms with Gasteiger partial charge in [0.05, 0.1) is 0 Å². The molecular formula is C19H31NO. The highest BCUT2D eigenvalue weighted by atomic mass is 16.5. The van der Waals surface area contributed by atoms with Gasteiger partial charge in [0.1, 0.15) is 11.4 Å². The molecule has 1 N–H and O–H groups in total. The molecule has 0 atom stereocenters. The van der Waals surface area contributed by atoms with Gasteiger partial charge in [-0.05, 0) is 68.3 Å². The van der Waals surface area contributed by atoms with Gasteiger partial charge in [0.25, 0.3) is 0 Å². The first-order valence-corrected chi connectivity index (χ1v) is 8.37. The van der Waals surface area contributed by atoms with E-state index in [-0.39, 0.29) is 11.0 Å². The fraction of sp³-hybridized carbons (Fsp3) is 0.684. The fourth-order valence-corrected chi connectivity index (χ4v) is 2.93. The van der Waals surface area contributed by atoms with Gasteiger partial charge in [-0.1, -0.05) is 39.8 Å². The van der Waals surface area contributed by atoms with Gasteiger partial charge >= 0.3 is 0 Å². The first-order valence-electron chi connectivity index (χ1n) is 8.37. The monoisotopic (exact) mass is 289 g/mol. The van der Waals surface area contributed by atoms with E-state index in [0.717, 1.165) is 25.3 Å². The molecule has 1 aromatic carbocycles. The zero-order valence-corrected chi connectivity index (χ0v) is 14.4. The minimum atomic E-state index is 0.0795. The molecule has 0 aromatic heterocycles. The second kappa shape index (κ2) is 6.39. The summed E-state index contributed by atoms with van der Waals surface area (Å²) in [6.07, 6.45) is 4.80. The molecule has 118 valence electrons. The van der Waals surface area contributed by atoms with Crippen LogP contribution in [0.4, 0.5) is 0 Å². The summed E-state index contributed by atoms with van der Waals surface area (Å²) in [5.74, 6) is 1.07. The molecule has 0 radical (unpaired) electrons. The van der Waals surface area contributed by atoms with Crippen molar-refractivity contribution >= 4 is 0 Å². The van der Waals surface area contributed by atoms with Crippen LogP contribution in [0, 0.1) is 6.92 Å². The minimum Gasteiger partial charge on any atom is -0.487 e. The highest BCUT2D eigenvalue weighted by Crippen LogP contribution is 2.40. The van der Waals surface area contributed by atoms with E-state index >= 15 is 0 Å². The van der Waals surface area contributed by atoms with Crippen LogP contribution in [0.5, 0.6) is 5.75 Å². The molecule has 1 aliphatic carbocycles. The lowest BCUT2D eigenvalue weighted by atomic mass is 9.77. The van der Waals surface area contributed by atoms with Gasteiger partial charge < -0.3 is 10.1 Å². The number of hydrogen-bond acceptors (Lipinski definition) is 2. The van der Waals surface area contributed by atoms with Crippen molar-refractivity contribution in [3.63, 3.8) is 0 Å². The standard InChI is InChI=1S/C19H31NO/c1-6-20-13-12-19(10-7-11-19)21-17-9-8-16(14-15(17)2)18(3,4)5/h8-9,14,20H,6-7,10-13H2,1-5H3. The Morgan fingerprint density at radius 3 is 2.43 bits per heavy atom. The molecule has 0 heterocycles. The maximum absolute atomic E-state index is 6.44. The van der Waals surface area contributed by atoms with Crippen LogP contribution in [0.25, 0.3) is 0 Å². The summed E-state index contributed by atoms with van der Waals surface area (Å²) >= 11 is 0. The number of aryl methyl sites for hydroxylation is 1. The number of ether oxygens (including phenoxy) is 1. The molecule has 0 saturated heterocycles. The van der Waals surface area contributed by atoms with Gasteiger partial charge in [-0.25, -0.2) is 0 Å². The van der Waals surface area contributed by atoms with Crippen LogP contribution >= 0.6 is 0 Å². The molecule has 0 unspecified atom stereocenters. The Bertz CT molecular complexity index is 469. The summed E-state index contributed by atoms with van der Waals surface area (Å²) in [5.41, 5.74) is 2.92. The molecule has 1 saturated carbocycles. The van der Waals surface area contributed by atoms with E-state index in [2.05, 4.69) is 58.1 Å². The zero-order chi connectivity index (χ0) is 15.5. The molecule has 0 bridgehead atoms. The van der Waals surface area contributed by atoms with Crippen LogP contribution in [-0.2, 0) is 5.41 Å². The van der Waals surface area contributed by atoms with Gasteiger partial charge in [0.15, 0.2) is 0 Å². The van der Waals surface area contributed by atoms with Crippen molar-refractivity contribution in [1.29, 1.82) is 0 Å². The normalized spacial score (nSPS) is 17.4. The van der Waals surface area contributed by atoms with Crippen molar-refractivity contribution in [3.8, 4) is 5.75 Å². The maximum Gasteiger partial charge on any atom is 0.123 e. The van der Waals surface area contributed by atoms with E-state index in [1.165, 1.54) is 30.4 Å². The summed E-state index contributed by atoms with van der Waals surface area (Å²) < 4.78 is 6.44. The van der Waals surface area contributed by atoms with Gasteiger partial charge in [-0.2, -0.15) is 0 Å². The van der Waals surface area contributed by atoms with E-state index in [1.54, 1.807) is 0 Å².